The summed E-state index contributed by atoms with van der Waals surface area (Å²) in [5.41, 5.74) is 1.96. The molecule has 0 heterocycles. The molecular formula is C26H28Cl2N2O2. The van der Waals surface area contributed by atoms with Gasteiger partial charge in [0.25, 0.3) is 0 Å². The number of benzene rings is 3. The number of fused-ring (bicyclic) bond motifs is 1. The van der Waals surface area contributed by atoms with Gasteiger partial charge in [0.1, 0.15) is 6.04 Å². The Kier molecular flexibility index (Phi) is 8.54. The van der Waals surface area contributed by atoms with Crippen molar-refractivity contribution >= 4 is 45.8 Å². The molecule has 3 aromatic rings. The quantitative estimate of drug-likeness (QED) is 0.415. The van der Waals surface area contributed by atoms with Gasteiger partial charge in [0, 0.05) is 19.5 Å². The van der Waals surface area contributed by atoms with Crippen molar-refractivity contribution < 1.29 is 9.59 Å². The van der Waals surface area contributed by atoms with Crippen LogP contribution in [0.1, 0.15) is 37.8 Å². The average molecular weight is 471 g/mol. The summed E-state index contributed by atoms with van der Waals surface area (Å²) in [5.74, 6) is -0.212. The molecule has 0 fully saturated rings. The maximum atomic E-state index is 13.4. The minimum absolute atomic E-state index is 0.0675. The molecule has 4 nitrogen and oxygen atoms in total. The second-order valence-corrected chi connectivity index (χ2v) is 8.54. The van der Waals surface area contributed by atoms with Crippen molar-refractivity contribution in [3.63, 3.8) is 0 Å². The van der Waals surface area contributed by atoms with Gasteiger partial charge in [-0.3, -0.25) is 9.59 Å². The molecule has 1 atom stereocenters. The summed E-state index contributed by atoms with van der Waals surface area (Å²) in [7, 11) is 0. The van der Waals surface area contributed by atoms with Crippen LogP contribution in [0.25, 0.3) is 10.8 Å². The summed E-state index contributed by atoms with van der Waals surface area (Å²) in [6.45, 7) is 4.59. The number of likely N-dealkylation sites (N-methyl/N-ethyl adjacent to an activating group) is 1. The zero-order valence-corrected chi connectivity index (χ0v) is 19.9. The number of halogens is 2. The highest BCUT2D eigenvalue weighted by Gasteiger charge is 2.28. The van der Waals surface area contributed by atoms with E-state index in [0.29, 0.717) is 42.4 Å². The van der Waals surface area contributed by atoms with Crippen molar-refractivity contribution in [3.8, 4) is 0 Å². The second-order valence-electron chi connectivity index (χ2n) is 7.73. The lowest BCUT2D eigenvalue weighted by atomic mass is 10.00. The summed E-state index contributed by atoms with van der Waals surface area (Å²) in [6, 6.07) is 19.0. The van der Waals surface area contributed by atoms with Crippen LogP contribution in [-0.4, -0.2) is 29.3 Å². The first-order valence-electron chi connectivity index (χ1n) is 10.9. The molecular weight excluding hydrogens is 443 g/mol. The van der Waals surface area contributed by atoms with E-state index in [1.54, 1.807) is 17.0 Å². The molecule has 168 valence electrons. The smallest absolute Gasteiger partial charge is 0.242 e. The number of carbonyl (C=O) groups excluding carboxylic acids is 2. The van der Waals surface area contributed by atoms with E-state index in [2.05, 4.69) is 29.6 Å². The fraction of sp³-hybridized carbons (Fsp3) is 0.308. The molecule has 0 saturated heterocycles. The molecule has 3 rings (SSSR count). The Morgan fingerprint density at radius 1 is 0.969 bits per heavy atom. The van der Waals surface area contributed by atoms with Crippen LogP contribution in [-0.2, 0) is 22.6 Å². The summed E-state index contributed by atoms with van der Waals surface area (Å²) in [4.78, 5) is 27.8. The molecule has 0 aliphatic rings. The Hall–Kier alpha value is -2.56. The first kappa shape index (κ1) is 24.1. The van der Waals surface area contributed by atoms with Crippen LogP contribution >= 0.6 is 23.2 Å². The van der Waals surface area contributed by atoms with Gasteiger partial charge in [-0.25, -0.2) is 0 Å². The minimum Gasteiger partial charge on any atom is -0.355 e. The van der Waals surface area contributed by atoms with Gasteiger partial charge in [-0.1, -0.05) is 78.7 Å². The maximum Gasteiger partial charge on any atom is 0.242 e. The first-order chi connectivity index (χ1) is 15.4. The van der Waals surface area contributed by atoms with Crippen molar-refractivity contribution in [1.29, 1.82) is 0 Å². The summed E-state index contributed by atoms with van der Waals surface area (Å²) < 4.78 is 0. The number of aryl methyl sites for hydroxylation is 1. The second kappa shape index (κ2) is 11.3. The van der Waals surface area contributed by atoms with Crippen LogP contribution in [0.5, 0.6) is 0 Å². The molecule has 0 bridgehead atoms. The molecule has 0 radical (unpaired) electrons. The van der Waals surface area contributed by atoms with E-state index in [4.69, 9.17) is 23.2 Å². The molecule has 6 heteroatoms. The predicted molar refractivity (Wildman–Crippen MR) is 132 cm³/mol. The largest absolute Gasteiger partial charge is 0.355 e. The van der Waals surface area contributed by atoms with E-state index in [0.717, 1.165) is 21.9 Å². The lowest BCUT2D eigenvalue weighted by Gasteiger charge is -2.31. The Labute approximate surface area is 199 Å². The van der Waals surface area contributed by atoms with Crippen LogP contribution in [0.4, 0.5) is 0 Å². The van der Waals surface area contributed by atoms with Crippen LogP contribution in [0.3, 0.4) is 0 Å². The molecule has 3 aromatic carbocycles. The number of hydrogen-bond acceptors (Lipinski definition) is 2. The number of hydrogen-bond donors (Lipinski definition) is 1. The van der Waals surface area contributed by atoms with Crippen LogP contribution in [0.2, 0.25) is 10.0 Å². The van der Waals surface area contributed by atoms with Gasteiger partial charge >= 0.3 is 0 Å². The van der Waals surface area contributed by atoms with E-state index >= 15 is 0 Å². The molecule has 1 unspecified atom stereocenters. The van der Waals surface area contributed by atoms with Gasteiger partial charge in [0.2, 0.25) is 11.8 Å². The van der Waals surface area contributed by atoms with Crippen LogP contribution < -0.4 is 5.32 Å². The fourth-order valence-corrected chi connectivity index (χ4v) is 4.26. The van der Waals surface area contributed by atoms with E-state index in [1.807, 2.05) is 38.1 Å². The van der Waals surface area contributed by atoms with Gasteiger partial charge in [-0.05, 0) is 53.8 Å². The first-order valence-corrected chi connectivity index (χ1v) is 11.7. The minimum atomic E-state index is -0.551. The average Bonchev–Trinajstić information content (AvgIpc) is 2.79. The maximum absolute atomic E-state index is 13.4. The molecule has 32 heavy (non-hydrogen) atoms. The third kappa shape index (κ3) is 5.81. The monoisotopic (exact) mass is 470 g/mol. The van der Waals surface area contributed by atoms with E-state index in [9.17, 15) is 9.59 Å². The number of nitrogens with one attached hydrogen (secondary N) is 1. The predicted octanol–water partition coefficient (Wildman–Crippen LogP) is 6.02. The zero-order valence-electron chi connectivity index (χ0n) is 18.4. The molecule has 0 aliphatic carbocycles. The molecule has 1 N–H and O–H groups in total. The lowest BCUT2D eigenvalue weighted by molar-refractivity contribution is -0.141. The standard InChI is InChI=1S/C26H28Cl2N2O2/c1-3-24(26(32)29-4-2)30(17-18-12-14-22(27)23(28)16-18)25(31)15-13-20-10-7-9-19-8-5-6-11-21(19)20/h5-12,14,16,24H,3-4,13,15,17H2,1-2H3,(H,29,32). The Balaban J connectivity index is 1.84. The highest BCUT2D eigenvalue weighted by Crippen LogP contribution is 2.25. The highest BCUT2D eigenvalue weighted by atomic mass is 35.5. The van der Waals surface area contributed by atoms with E-state index in [1.165, 1.54) is 0 Å². The van der Waals surface area contributed by atoms with Crippen molar-refractivity contribution in [2.24, 2.45) is 0 Å². The highest BCUT2D eigenvalue weighted by molar-refractivity contribution is 6.42. The van der Waals surface area contributed by atoms with E-state index in [-0.39, 0.29) is 11.8 Å². The third-order valence-electron chi connectivity index (χ3n) is 5.56. The van der Waals surface area contributed by atoms with Gasteiger partial charge in [-0.15, -0.1) is 0 Å². The third-order valence-corrected chi connectivity index (χ3v) is 6.30. The van der Waals surface area contributed by atoms with Gasteiger partial charge in [-0.2, -0.15) is 0 Å². The number of rotatable bonds is 9. The van der Waals surface area contributed by atoms with Gasteiger partial charge in [0.05, 0.1) is 10.0 Å². The molecule has 0 saturated carbocycles. The SMILES string of the molecule is CCNC(=O)C(CC)N(Cc1ccc(Cl)c(Cl)c1)C(=O)CCc1cccc2ccccc12. The van der Waals surface area contributed by atoms with Gasteiger partial charge < -0.3 is 10.2 Å². The summed E-state index contributed by atoms with van der Waals surface area (Å²) in [5, 5.41) is 6.04. The topological polar surface area (TPSA) is 49.4 Å². The Bertz CT molecular complexity index is 1090. The lowest BCUT2D eigenvalue weighted by Crippen LogP contribution is -2.49. The molecule has 0 aromatic heterocycles. The Morgan fingerprint density at radius 3 is 2.44 bits per heavy atom. The van der Waals surface area contributed by atoms with Crippen LogP contribution in [0, 0.1) is 0 Å². The number of nitrogens with zero attached hydrogens (tertiary/aromatic N) is 1. The summed E-state index contributed by atoms with van der Waals surface area (Å²) >= 11 is 12.2. The van der Waals surface area contributed by atoms with Gasteiger partial charge in [0.15, 0.2) is 0 Å². The summed E-state index contributed by atoms with van der Waals surface area (Å²) in [6.07, 6.45) is 1.43. The molecule has 0 spiro atoms. The molecule has 2 amide bonds. The zero-order chi connectivity index (χ0) is 23.1. The molecule has 0 aliphatic heterocycles. The van der Waals surface area contributed by atoms with Crippen molar-refractivity contribution in [3.05, 3.63) is 81.8 Å². The van der Waals surface area contributed by atoms with Crippen molar-refractivity contribution in [1.82, 2.24) is 10.2 Å². The number of amides is 2. The fourth-order valence-electron chi connectivity index (χ4n) is 3.94. The number of carbonyl (C=O) groups is 2. The van der Waals surface area contributed by atoms with Crippen molar-refractivity contribution in [2.45, 2.75) is 45.7 Å². The van der Waals surface area contributed by atoms with Crippen molar-refractivity contribution in [2.75, 3.05) is 6.54 Å². The van der Waals surface area contributed by atoms with Crippen LogP contribution in [0.15, 0.2) is 60.7 Å². The van der Waals surface area contributed by atoms with E-state index < -0.39 is 6.04 Å². The Morgan fingerprint density at radius 2 is 1.72 bits per heavy atom. The normalized spacial score (nSPS) is 11.9.